The van der Waals surface area contributed by atoms with E-state index < -0.39 is 5.97 Å². The number of carbonyl (C=O) groups excluding carboxylic acids is 2. The van der Waals surface area contributed by atoms with Gasteiger partial charge in [0.1, 0.15) is 10.8 Å². The van der Waals surface area contributed by atoms with Crippen molar-refractivity contribution in [2.24, 2.45) is 0 Å². The minimum atomic E-state index is -0.455. The quantitative estimate of drug-likeness (QED) is 0.517. The molecular weight excluding hydrogens is 430 g/mol. The first kappa shape index (κ1) is 21.7. The van der Waals surface area contributed by atoms with Gasteiger partial charge in [0.05, 0.1) is 19.3 Å². The molecule has 0 spiro atoms. The Morgan fingerprint density at radius 2 is 1.84 bits per heavy atom. The molecule has 166 valence electrons. The number of hydrogen-bond donors (Lipinski definition) is 1. The molecule has 1 amide bonds. The van der Waals surface area contributed by atoms with Gasteiger partial charge in [0.15, 0.2) is 11.5 Å². The lowest BCUT2D eigenvalue weighted by Gasteiger charge is -2.08. The van der Waals surface area contributed by atoms with Gasteiger partial charge in [0.2, 0.25) is 6.79 Å². The number of benzene rings is 2. The molecule has 7 nitrogen and oxygen atoms in total. The fourth-order valence-electron chi connectivity index (χ4n) is 3.42. The number of thiophene rings is 1. The molecule has 8 heteroatoms. The summed E-state index contributed by atoms with van der Waals surface area (Å²) in [5, 5.41) is 3.36. The summed E-state index contributed by atoms with van der Waals surface area (Å²) < 4.78 is 21.2. The molecule has 3 aromatic rings. The highest BCUT2D eigenvalue weighted by atomic mass is 32.1. The zero-order valence-electron chi connectivity index (χ0n) is 18.0. The molecule has 4 rings (SSSR count). The van der Waals surface area contributed by atoms with E-state index in [1.165, 1.54) is 11.3 Å². The van der Waals surface area contributed by atoms with E-state index in [2.05, 4.69) is 5.32 Å². The normalized spacial score (nSPS) is 11.8. The predicted octanol–water partition coefficient (Wildman–Crippen LogP) is 4.81. The van der Waals surface area contributed by atoms with E-state index in [4.69, 9.17) is 18.9 Å². The Kier molecular flexibility index (Phi) is 6.32. The van der Waals surface area contributed by atoms with Gasteiger partial charge in [0.25, 0.3) is 5.91 Å². The molecule has 0 aliphatic carbocycles. The summed E-state index contributed by atoms with van der Waals surface area (Å²) in [7, 11) is 1.57. The number of ether oxygens (including phenoxy) is 4. The van der Waals surface area contributed by atoms with Crippen LogP contribution in [0, 0.1) is 6.92 Å². The van der Waals surface area contributed by atoms with E-state index in [0.717, 1.165) is 21.8 Å². The van der Waals surface area contributed by atoms with E-state index >= 15 is 0 Å². The Balaban J connectivity index is 1.63. The molecule has 1 aliphatic rings. The summed E-state index contributed by atoms with van der Waals surface area (Å²) in [6.07, 6.45) is 0.581. The molecule has 1 aromatic heterocycles. The third kappa shape index (κ3) is 4.40. The van der Waals surface area contributed by atoms with Crippen molar-refractivity contribution in [3.8, 4) is 17.2 Å². The molecule has 32 heavy (non-hydrogen) atoms. The van der Waals surface area contributed by atoms with Crippen LogP contribution in [-0.4, -0.2) is 32.4 Å². The SMILES string of the molecule is CCOC(=O)c1c(NC(=O)c2ccc(OC)cc2)sc(Cc2ccc3c(c2)OCO3)c1C. The zero-order chi connectivity index (χ0) is 22.7. The number of methoxy groups -OCH3 is 1. The Morgan fingerprint density at radius 3 is 2.56 bits per heavy atom. The molecule has 0 atom stereocenters. The summed E-state index contributed by atoms with van der Waals surface area (Å²) in [5.41, 5.74) is 2.65. The topological polar surface area (TPSA) is 83.1 Å². The number of fused-ring (bicyclic) bond motifs is 1. The maximum Gasteiger partial charge on any atom is 0.341 e. The van der Waals surface area contributed by atoms with Crippen molar-refractivity contribution in [2.75, 3.05) is 25.8 Å². The molecule has 0 saturated heterocycles. The molecule has 1 aliphatic heterocycles. The van der Waals surface area contributed by atoms with Gasteiger partial charge in [-0.2, -0.15) is 0 Å². The number of anilines is 1. The Bertz CT molecular complexity index is 1150. The first-order valence-electron chi connectivity index (χ1n) is 10.1. The third-order valence-corrected chi connectivity index (χ3v) is 6.31. The first-order chi connectivity index (χ1) is 15.5. The second-order valence-corrected chi connectivity index (χ2v) is 8.23. The smallest absolute Gasteiger partial charge is 0.341 e. The highest BCUT2D eigenvalue weighted by Gasteiger charge is 2.24. The molecule has 0 radical (unpaired) electrons. The van der Waals surface area contributed by atoms with Gasteiger partial charge in [-0.1, -0.05) is 6.07 Å². The molecule has 0 unspecified atom stereocenters. The molecule has 0 bridgehead atoms. The average molecular weight is 454 g/mol. The number of esters is 1. The van der Waals surface area contributed by atoms with Crippen LogP contribution in [0.5, 0.6) is 17.2 Å². The summed E-state index contributed by atoms with van der Waals surface area (Å²) in [6, 6.07) is 12.5. The van der Waals surface area contributed by atoms with Crippen LogP contribution >= 0.6 is 11.3 Å². The lowest BCUT2D eigenvalue weighted by Crippen LogP contribution is -2.14. The molecule has 1 N–H and O–H groups in total. The van der Waals surface area contributed by atoms with Gasteiger partial charge < -0.3 is 24.3 Å². The van der Waals surface area contributed by atoms with E-state index in [1.54, 1.807) is 38.3 Å². The summed E-state index contributed by atoms with van der Waals surface area (Å²) in [5.74, 6) is 1.32. The van der Waals surface area contributed by atoms with Crippen LogP contribution < -0.4 is 19.5 Å². The molecule has 0 fully saturated rings. The zero-order valence-corrected chi connectivity index (χ0v) is 18.8. The number of amides is 1. The standard InChI is InChI=1S/C24H23NO6S/c1-4-29-24(27)21-14(2)20(12-15-5-10-18-19(11-15)31-13-30-18)32-23(21)25-22(26)16-6-8-17(28-3)9-7-16/h5-11H,4,12-13H2,1-3H3,(H,25,26). The predicted molar refractivity (Wildman–Crippen MR) is 121 cm³/mol. The summed E-state index contributed by atoms with van der Waals surface area (Å²) in [6.45, 7) is 4.08. The Hall–Kier alpha value is -3.52. The Labute approximate surface area is 189 Å². The van der Waals surface area contributed by atoms with Gasteiger partial charge in [-0.05, 0) is 61.4 Å². The first-order valence-corrected chi connectivity index (χ1v) is 10.9. The minimum Gasteiger partial charge on any atom is -0.497 e. The maximum absolute atomic E-state index is 12.8. The number of rotatable bonds is 7. The lowest BCUT2D eigenvalue weighted by molar-refractivity contribution is 0.0527. The van der Waals surface area contributed by atoms with Crippen LogP contribution in [-0.2, 0) is 11.2 Å². The van der Waals surface area contributed by atoms with Crippen LogP contribution in [0.3, 0.4) is 0 Å². The van der Waals surface area contributed by atoms with Crippen molar-refractivity contribution in [3.05, 3.63) is 69.6 Å². The van der Waals surface area contributed by atoms with Crippen LogP contribution in [0.25, 0.3) is 0 Å². The highest BCUT2D eigenvalue weighted by Crippen LogP contribution is 2.38. The van der Waals surface area contributed by atoms with Gasteiger partial charge in [-0.25, -0.2) is 4.79 Å². The fourth-order valence-corrected chi connectivity index (χ4v) is 4.64. The van der Waals surface area contributed by atoms with Crippen LogP contribution in [0.1, 0.15) is 43.6 Å². The third-order valence-electron chi connectivity index (χ3n) is 5.11. The van der Waals surface area contributed by atoms with E-state index in [0.29, 0.717) is 34.0 Å². The second kappa shape index (κ2) is 9.32. The summed E-state index contributed by atoms with van der Waals surface area (Å²) >= 11 is 1.37. The maximum atomic E-state index is 12.8. The lowest BCUT2D eigenvalue weighted by atomic mass is 10.1. The van der Waals surface area contributed by atoms with Gasteiger partial charge >= 0.3 is 5.97 Å². The van der Waals surface area contributed by atoms with E-state index in [1.807, 2.05) is 25.1 Å². The van der Waals surface area contributed by atoms with Gasteiger partial charge in [0, 0.05) is 16.9 Å². The molecule has 0 saturated carbocycles. The van der Waals surface area contributed by atoms with Crippen molar-refractivity contribution >= 4 is 28.2 Å². The fraction of sp³-hybridized carbons (Fsp3) is 0.250. The number of nitrogens with one attached hydrogen (secondary N) is 1. The summed E-state index contributed by atoms with van der Waals surface area (Å²) in [4.78, 5) is 26.5. The highest BCUT2D eigenvalue weighted by molar-refractivity contribution is 7.17. The van der Waals surface area contributed by atoms with Crippen molar-refractivity contribution in [1.29, 1.82) is 0 Å². The van der Waals surface area contributed by atoms with Crippen molar-refractivity contribution in [1.82, 2.24) is 0 Å². The van der Waals surface area contributed by atoms with Crippen LogP contribution in [0.4, 0.5) is 5.00 Å². The molecule has 2 heterocycles. The monoisotopic (exact) mass is 453 g/mol. The molecule has 2 aromatic carbocycles. The number of carbonyl (C=O) groups is 2. The van der Waals surface area contributed by atoms with Crippen molar-refractivity contribution in [3.63, 3.8) is 0 Å². The van der Waals surface area contributed by atoms with Crippen molar-refractivity contribution < 1.29 is 28.5 Å². The minimum absolute atomic E-state index is 0.214. The van der Waals surface area contributed by atoms with E-state index in [-0.39, 0.29) is 19.3 Å². The van der Waals surface area contributed by atoms with Gasteiger partial charge in [-0.3, -0.25) is 4.79 Å². The average Bonchev–Trinajstić information content (AvgIpc) is 3.38. The molecular formula is C24H23NO6S. The van der Waals surface area contributed by atoms with Crippen LogP contribution in [0.15, 0.2) is 42.5 Å². The Morgan fingerprint density at radius 1 is 1.09 bits per heavy atom. The van der Waals surface area contributed by atoms with Crippen LogP contribution in [0.2, 0.25) is 0 Å². The largest absolute Gasteiger partial charge is 0.497 e. The number of hydrogen-bond acceptors (Lipinski definition) is 7. The van der Waals surface area contributed by atoms with E-state index in [9.17, 15) is 9.59 Å². The second-order valence-electron chi connectivity index (χ2n) is 7.12. The van der Waals surface area contributed by atoms with Gasteiger partial charge in [-0.15, -0.1) is 11.3 Å². The van der Waals surface area contributed by atoms with Crippen molar-refractivity contribution in [2.45, 2.75) is 20.3 Å².